The molecule has 2 N–H and O–H groups in total. The van der Waals surface area contributed by atoms with Crippen LogP contribution in [0.2, 0.25) is 0 Å². The second-order valence-corrected chi connectivity index (χ2v) is 15.0. The van der Waals surface area contributed by atoms with Crippen LogP contribution >= 0.6 is 0 Å². The average molecular weight is 565 g/mol. The quantitative estimate of drug-likeness (QED) is 0.346. The Morgan fingerprint density at radius 3 is 2.34 bits per heavy atom. The third kappa shape index (κ3) is 4.97. The number of amides is 1. The predicted octanol–water partition coefficient (Wildman–Crippen LogP) is 5.85. The van der Waals surface area contributed by atoms with E-state index in [0.29, 0.717) is 29.4 Å². The fraction of sp³-hybridized carbons (Fsp3) is 0.714. The molecule has 5 rings (SSSR count). The van der Waals surface area contributed by atoms with Crippen molar-refractivity contribution in [3.63, 3.8) is 0 Å². The molecule has 0 radical (unpaired) electrons. The predicted molar refractivity (Wildman–Crippen MR) is 162 cm³/mol. The molecule has 0 unspecified atom stereocenters. The monoisotopic (exact) mass is 564 g/mol. The first-order chi connectivity index (χ1) is 19.2. The van der Waals surface area contributed by atoms with Gasteiger partial charge >= 0.3 is 5.97 Å². The normalized spacial score (nSPS) is 40.3. The first kappa shape index (κ1) is 30.3. The summed E-state index contributed by atoms with van der Waals surface area (Å²) in [5.74, 6) is 1.04. The average Bonchev–Trinajstić information content (AvgIpc) is 3.07. The number of aliphatic hydroxyl groups is 1. The van der Waals surface area contributed by atoms with E-state index in [0.717, 1.165) is 19.3 Å². The maximum Gasteiger partial charge on any atom is 0.302 e. The highest BCUT2D eigenvalue weighted by atomic mass is 16.5. The van der Waals surface area contributed by atoms with Crippen molar-refractivity contribution in [3.05, 3.63) is 47.5 Å². The third-order valence-corrected chi connectivity index (χ3v) is 12.6. The Balaban J connectivity index is 1.50. The molecule has 41 heavy (non-hydrogen) atoms. The minimum atomic E-state index is -0.806. The van der Waals surface area contributed by atoms with Gasteiger partial charge < -0.3 is 20.1 Å². The first-order valence-corrected chi connectivity index (χ1v) is 15.8. The maximum absolute atomic E-state index is 13.2. The summed E-state index contributed by atoms with van der Waals surface area (Å²) in [5.41, 5.74) is 1.63. The molecule has 0 heterocycles. The number of rotatable bonds is 5. The molecule has 0 saturated heterocycles. The molecule has 4 aliphatic rings. The molecular formula is C35H52N2O4. The van der Waals surface area contributed by atoms with E-state index in [4.69, 9.17) is 4.74 Å². The van der Waals surface area contributed by atoms with Crippen LogP contribution in [0.4, 0.5) is 0 Å². The lowest BCUT2D eigenvalue weighted by Gasteiger charge is -2.57. The number of carbonyl (C=O) groups excluding carboxylic acids is 2. The zero-order chi connectivity index (χ0) is 29.9. The van der Waals surface area contributed by atoms with Gasteiger partial charge in [-0.15, -0.1) is 0 Å². The van der Waals surface area contributed by atoms with Crippen LogP contribution in [0.1, 0.15) is 90.4 Å². The Morgan fingerprint density at radius 1 is 1.05 bits per heavy atom. The van der Waals surface area contributed by atoms with E-state index in [1.165, 1.54) is 31.8 Å². The van der Waals surface area contributed by atoms with Gasteiger partial charge in [-0.2, -0.15) is 0 Å². The van der Waals surface area contributed by atoms with Gasteiger partial charge in [-0.05, 0) is 106 Å². The lowest BCUT2D eigenvalue weighted by Crippen LogP contribution is -2.59. The third-order valence-electron chi connectivity index (χ3n) is 12.6. The van der Waals surface area contributed by atoms with E-state index in [1.807, 2.05) is 24.3 Å². The summed E-state index contributed by atoms with van der Waals surface area (Å²) < 4.78 is 6.26. The molecule has 4 aliphatic carbocycles. The Morgan fingerprint density at radius 2 is 1.71 bits per heavy atom. The summed E-state index contributed by atoms with van der Waals surface area (Å²) >= 11 is 0. The number of carbonyl (C=O) groups is 2. The SMILES string of the molecule is CC(=O)O[C@@H]1C[C@@H]2[C@H](CC[C@]3(C)[C@@H]([C@H](C)N(C)C)CC[C@@]23C)CC2=C[C@@H](O)[C@H](NC(=O)c3ccccc3)C(C)(C)[C@@H]21. The van der Waals surface area contributed by atoms with E-state index >= 15 is 0 Å². The number of ether oxygens (including phenoxy) is 1. The number of hydrogen-bond acceptors (Lipinski definition) is 5. The molecule has 1 aromatic rings. The summed E-state index contributed by atoms with van der Waals surface area (Å²) in [7, 11) is 4.41. The van der Waals surface area contributed by atoms with Gasteiger partial charge in [-0.25, -0.2) is 0 Å². The van der Waals surface area contributed by atoms with Crippen LogP contribution in [0.5, 0.6) is 0 Å². The summed E-state index contributed by atoms with van der Waals surface area (Å²) in [5, 5.41) is 14.6. The Labute approximate surface area is 247 Å². The molecule has 6 nitrogen and oxygen atoms in total. The van der Waals surface area contributed by atoms with Gasteiger partial charge in [0.15, 0.2) is 0 Å². The number of nitrogens with zero attached hydrogens (tertiary/aromatic N) is 1. The second-order valence-electron chi connectivity index (χ2n) is 15.0. The number of nitrogens with one attached hydrogen (secondary N) is 1. The Kier molecular flexibility index (Phi) is 8.00. The number of hydrogen-bond donors (Lipinski definition) is 2. The summed E-state index contributed by atoms with van der Waals surface area (Å²) in [4.78, 5) is 28.2. The van der Waals surface area contributed by atoms with Crippen LogP contribution in [-0.2, 0) is 9.53 Å². The van der Waals surface area contributed by atoms with Gasteiger partial charge in [-0.3, -0.25) is 9.59 Å². The fourth-order valence-corrected chi connectivity index (χ4v) is 10.1. The van der Waals surface area contributed by atoms with Crippen LogP contribution < -0.4 is 5.32 Å². The number of esters is 1. The molecule has 0 aliphatic heterocycles. The van der Waals surface area contributed by atoms with Crippen LogP contribution in [0.3, 0.4) is 0 Å². The van der Waals surface area contributed by atoms with Crippen molar-refractivity contribution < 1.29 is 19.4 Å². The topological polar surface area (TPSA) is 78.9 Å². The molecule has 3 fully saturated rings. The molecule has 0 aromatic heterocycles. The van der Waals surface area contributed by atoms with E-state index in [9.17, 15) is 14.7 Å². The van der Waals surface area contributed by atoms with Crippen molar-refractivity contribution in [1.29, 1.82) is 0 Å². The fourth-order valence-electron chi connectivity index (χ4n) is 10.1. The van der Waals surface area contributed by atoms with E-state index < -0.39 is 17.6 Å². The smallest absolute Gasteiger partial charge is 0.302 e. The molecule has 0 bridgehead atoms. The largest absolute Gasteiger partial charge is 0.462 e. The molecule has 1 amide bonds. The van der Waals surface area contributed by atoms with Gasteiger partial charge in [0, 0.05) is 24.4 Å². The minimum Gasteiger partial charge on any atom is -0.462 e. The van der Waals surface area contributed by atoms with Crippen LogP contribution in [0.15, 0.2) is 42.0 Å². The first-order valence-electron chi connectivity index (χ1n) is 15.8. The number of benzene rings is 1. The maximum atomic E-state index is 13.2. The molecule has 6 heteroatoms. The van der Waals surface area contributed by atoms with E-state index in [2.05, 4.69) is 58.9 Å². The van der Waals surface area contributed by atoms with Gasteiger partial charge in [0.25, 0.3) is 5.91 Å². The van der Waals surface area contributed by atoms with Crippen molar-refractivity contribution >= 4 is 11.9 Å². The Hall–Kier alpha value is -2.18. The standard InChI is InChI=1S/C35H52N2O4/c1-21(37(7)8)26-15-17-35(6)27-20-29(41-22(2)38)30-25(18-24(27)14-16-34(26,35)5)19-28(39)31(33(30,3)4)36-32(40)23-12-10-9-11-13-23/h9-13,19,21,24,26-31,39H,14-18,20H2,1-8H3,(H,36,40)/t21-,24+,26+,27+,28+,29+,30-,31-,34+,35-/m0/s1. The molecule has 1 aromatic carbocycles. The molecular weight excluding hydrogens is 512 g/mol. The van der Waals surface area contributed by atoms with Crippen molar-refractivity contribution in [2.75, 3.05) is 14.1 Å². The highest BCUT2D eigenvalue weighted by molar-refractivity contribution is 5.94. The summed E-state index contributed by atoms with van der Waals surface area (Å²) in [6.45, 7) is 13.2. The molecule has 10 atom stereocenters. The van der Waals surface area contributed by atoms with Crippen LogP contribution in [-0.4, -0.2) is 60.3 Å². The van der Waals surface area contributed by atoms with Crippen molar-refractivity contribution in [2.45, 2.75) is 104 Å². The highest BCUT2D eigenvalue weighted by Crippen LogP contribution is 2.70. The minimum absolute atomic E-state index is 0.0748. The number of aliphatic hydroxyl groups excluding tert-OH is 1. The lowest BCUT2D eigenvalue weighted by atomic mass is 9.48. The van der Waals surface area contributed by atoms with Crippen molar-refractivity contribution in [3.8, 4) is 0 Å². The number of fused-ring (bicyclic) bond motifs is 4. The summed E-state index contributed by atoms with van der Waals surface area (Å²) in [6, 6.07) is 9.18. The Bertz CT molecular complexity index is 1180. The second kappa shape index (κ2) is 10.8. The zero-order valence-electron chi connectivity index (χ0n) is 26.4. The summed E-state index contributed by atoms with van der Waals surface area (Å²) in [6.07, 6.45) is 7.46. The zero-order valence-corrected chi connectivity index (χ0v) is 26.4. The van der Waals surface area contributed by atoms with Gasteiger partial charge in [-0.1, -0.05) is 57.5 Å². The van der Waals surface area contributed by atoms with Crippen LogP contribution in [0.25, 0.3) is 0 Å². The van der Waals surface area contributed by atoms with E-state index in [1.54, 1.807) is 12.1 Å². The van der Waals surface area contributed by atoms with E-state index in [-0.39, 0.29) is 34.7 Å². The highest BCUT2D eigenvalue weighted by Gasteiger charge is 2.64. The van der Waals surface area contributed by atoms with Crippen molar-refractivity contribution in [1.82, 2.24) is 10.2 Å². The molecule has 226 valence electrons. The van der Waals surface area contributed by atoms with Gasteiger partial charge in [0.1, 0.15) is 6.10 Å². The van der Waals surface area contributed by atoms with Crippen LogP contribution in [0, 0.1) is 39.9 Å². The van der Waals surface area contributed by atoms with Gasteiger partial charge in [0.2, 0.25) is 0 Å². The molecule has 0 spiro atoms. The van der Waals surface area contributed by atoms with Gasteiger partial charge in [0.05, 0.1) is 12.1 Å². The molecule has 3 saturated carbocycles. The lowest BCUT2D eigenvalue weighted by molar-refractivity contribution is -0.156. The van der Waals surface area contributed by atoms with Crippen molar-refractivity contribution in [2.24, 2.45) is 39.9 Å².